The van der Waals surface area contributed by atoms with Gasteiger partial charge in [0, 0.05) is 60.9 Å². The van der Waals surface area contributed by atoms with Crippen molar-refractivity contribution in [3.63, 3.8) is 0 Å². The summed E-state index contributed by atoms with van der Waals surface area (Å²) >= 11 is 3.76. The van der Waals surface area contributed by atoms with Gasteiger partial charge in [-0.05, 0) is 37.1 Å². The third-order valence-corrected chi connectivity index (χ3v) is 7.61. The van der Waals surface area contributed by atoms with Crippen LogP contribution in [0.3, 0.4) is 0 Å². The van der Waals surface area contributed by atoms with Crippen LogP contribution in [0.25, 0.3) is 0 Å². The first kappa shape index (κ1) is 20.5. The molecule has 1 unspecified atom stereocenters. The average Bonchev–Trinajstić information content (AvgIpc) is 3.26. The van der Waals surface area contributed by atoms with Gasteiger partial charge in [0.15, 0.2) is 5.96 Å². The summed E-state index contributed by atoms with van der Waals surface area (Å²) in [6, 6.07) is 4.70. The number of thiophene rings is 1. The van der Waals surface area contributed by atoms with Gasteiger partial charge in [0.25, 0.3) is 0 Å². The van der Waals surface area contributed by atoms with E-state index in [1.54, 1.807) is 11.3 Å². The van der Waals surface area contributed by atoms with Crippen molar-refractivity contribution in [1.29, 1.82) is 0 Å². The maximum Gasteiger partial charge on any atom is 0.225 e. The second-order valence-corrected chi connectivity index (χ2v) is 9.70. The van der Waals surface area contributed by atoms with E-state index < -0.39 is 0 Å². The number of thioether (sulfide) groups is 1. The van der Waals surface area contributed by atoms with Crippen molar-refractivity contribution in [2.75, 3.05) is 38.2 Å². The summed E-state index contributed by atoms with van der Waals surface area (Å²) in [5.74, 6) is 4.14. The Labute approximate surface area is 171 Å². The van der Waals surface area contributed by atoms with E-state index in [0.717, 1.165) is 62.8 Å². The molecular weight excluding hydrogens is 376 g/mol. The summed E-state index contributed by atoms with van der Waals surface area (Å²) in [4.78, 5) is 20.6. The first-order chi connectivity index (χ1) is 13.2. The standard InChI is InChI=1S/C20H32N4OS2/c1-15(18-4-3-11-27-18)14-22-20(21-2)23-17-7-5-16(6-8-17)19(25)24-9-12-26-13-10-24/h3-4,11,15-17H,5-10,12-14H2,1-2H3,(H2,21,22,23). The SMILES string of the molecule is CN=C(NCC(C)c1cccs1)NC1CCC(C(=O)N2CCSCC2)CC1. The molecule has 5 nitrogen and oxygen atoms in total. The van der Waals surface area contributed by atoms with Gasteiger partial charge in [-0.15, -0.1) is 11.3 Å². The summed E-state index contributed by atoms with van der Waals surface area (Å²) in [6.45, 7) is 4.98. The van der Waals surface area contributed by atoms with Crippen LogP contribution >= 0.6 is 23.1 Å². The van der Waals surface area contributed by atoms with Crippen LogP contribution in [0.15, 0.2) is 22.5 Å². The van der Waals surface area contributed by atoms with Crippen LogP contribution in [0.5, 0.6) is 0 Å². The first-order valence-corrected chi connectivity index (χ1v) is 12.1. The van der Waals surface area contributed by atoms with Crippen molar-refractivity contribution < 1.29 is 4.79 Å². The number of aliphatic imine (C=N–C) groups is 1. The highest BCUT2D eigenvalue weighted by Gasteiger charge is 2.30. The Bertz CT molecular complexity index is 606. The van der Waals surface area contributed by atoms with Crippen LogP contribution in [0.4, 0.5) is 0 Å². The summed E-state index contributed by atoms with van der Waals surface area (Å²) in [7, 11) is 1.83. The number of guanidine groups is 1. The average molecular weight is 409 g/mol. The molecule has 2 fully saturated rings. The van der Waals surface area contributed by atoms with Crippen molar-refractivity contribution in [2.24, 2.45) is 10.9 Å². The Morgan fingerprint density at radius 2 is 2.04 bits per heavy atom. The Morgan fingerprint density at radius 1 is 1.30 bits per heavy atom. The number of nitrogens with one attached hydrogen (secondary N) is 2. The van der Waals surface area contributed by atoms with Gasteiger partial charge in [0.1, 0.15) is 0 Å². The van der Waals surface area contributed by atoms with E-state index in [4.69, 9.17) is 0 Å². The van der Waals surface area contributed by atoms with Crippen LogP contribution < -0.4 is 10.6 Å². The van der Waals surface area contributed by atoms with Crippen molar-refractivity contribution in [2.45, 2.75) is 44.6 Å². The molecule has 0 aromatic carbocycles. The van der Waals surface area contributed by atoms with Gasteiger partial charge in [-0.1, -0.05) is 13.0 Å². The zero-order chi connectivity index (χ0) is 19.1. The molecule has 1 aromatic heterocycles. The first-order valence-electron chi connectivity index (χ1n) is 10.0. The van der Waals surface area contributed by atoms with Crippen LogP contribution in [-0.2, 0) is 4.79 Å². The minimum Gasteiger partial charge on any atom is -0.356 e. The number of rotatable bonds is 5. The second-order valence-electron chi connectivity index (χ2n) is 7.50. The number of hydrogen-bond acceptors (Lipinski definition) is 4. The fourth-order valence-electron chi connectivity index (χ4n) is 3.84. The van der Waals surface area contributed by atoms with Crippen LogP contribution in [0.1, 0.15) is 43.4 Å². The molecule has 27 heavy (non-hydrogen) atoms. The summed E-state index contributed by atoms with van der Waals surface area (Å²) in [6.07, 6.45) is 4.06. The Balaban J connectivity index is 1.40. The Morgan fingerprint density at radius 3 is 2.67 bits per heavy atom. The summed E-state index contributed by atoms with van der Waals surface area (Å²) in [5.41, 5.74) is 0. The van der Waals surface area contributed by atoms with Gasteiger partial charge >= 0.3 is 0 Å². The molecular formula is C20H32N4OS2. The third-order valence-electron chi connectivity index (χ3n) is 5.57. The van der Waals surface area contributed by atoms with Crippen LogP contribution in [0.2, 0.25) is 0 Å². The zero-order valence-electron chi connectivity index (χ0n) is 16.4. The van der Waals surface area contributed by atoms with Crippen LogP contribution in [0, 0.1) is 5.92 Å². The fraction of sp³-hybridized carbons (Fsp3) is 0.700. The third kappa shape index (κ3) is 5.88. The quantitative estimate of drug-likeness (QED) is 0.580. The second kappa shape index (κ2) is 10.4. The number of carbonyl (C=O) groups is 1. The van der Waals surface area contributed by atoms with E-state index in [1.807, 2.05) is 18.8 Å². The molecule has 2 aliphatic rings. The lowest BCUT2D eigenvalue weighted by Gasteiger charge is -2.34. The lowest BCUT2D eigenvalue weighted by Crippen LogP contribution is -2.47. The predicted molar refractivity (Wildman–Crippen MR) is 117 cm³/mol. The van der Waals surface area contributed by atoms with Gasteiger partial charge in [-0.3, -0.25) is 9.79 Å². The number of hydrogen-bond donors (Lipinski definition) is 2. The van der Waals surface area contributed by atoms with Crippen molar-refractivity contribution in [3.8, 4) is 0 Å². The van der Waals surface area contributed by atoms with Gasteiger partial charge in [-0.25, -0.2) is 0 Å². The van der Waals surface area contributed by atoms with Crippen molar-refractivity contribution >= 4 is 35.0 Å². The lowest BCUT2D eigenvalue weighted by molar-refractivity contribution is -0.136. The fourth-order valence-corrected chi connectivity index (χ4v) is 5.53. The minimum atomic E-state index is 0.222. The van der Waals surface area contributed by atoms with E-state index in [0.29, 0.717) is 17.9 Å². The van der Waals surface area contributed by atoms with Gasteiger partial charge in [0.05, 0.1) is 0 Å². The monoisotopic (exact) mass is 408 g/mol. The van der Waals surface area contributed by atoms with Crippen LogP contribution in [-0.4, -0.2) is 61.0 Å². The van der Waals surface area contributed by atoms with E-state index in [9.17, 15) is 4.79 Å². The van der Waals surface area contributed by atoms with Crippen molar-refractivity contribution in [1.82, 2.24) is 15.5 Å². The zero-order valence-corrected chi connectivity index (χ0v) is 18.1. The number of carbonyl (C=O) groups excluding carboxylic acids is 1. The molecule has 1 amide bonds. The largest absolute Gasteiger partial charge is 0.356 e. The highest BCUT2D eigenvalue weighted by Crippen LogP contribution is 2.27. The molecule has 0 radical (unpaired) electrons. The molecule has 0 bridgehead atoms. The molecule has 2 heterocycles. The molecule has 150 valence electrons. The number of amides is 1. The topological polar surface area (TPSA) is 56.7 Å². The van der Waals surface area contributed by atoms with E-state index in [-0.39, 0.29) is 5.92 Å². The van der Waals surface area contributed by atoms with E-state index in [1.165, 1.54) is 4.88 Å². The van der Waals surface area contributed by atoms with E-state index in [2.05, 4.69) is 45.0 Å². The molecule has 1 aliphatic carbocycles. The molecule has 1 atom stereocenters. The highest BCUT2D eigenvalue weighted by molar-refractivity contribution is 7.99. The maximum atomic E-state index is 12.7. The molecule has 2 N–H and O–H groups in total. The van der Waals surface area contributed by atoms with E-state index >= 15 is 0 Å². The Kier molecular flexibility index (Phi) is 7.88. The Hall–Kier alpha value is -1.21. The van der Waals surface area contributed by atoms with Gasteiger partial charge < -0.3 is 15.5 Å². The minimum absolute atomic E-state index is 0.222. The smallest absolute Gasteiger partial charge is 0.225 e. The lowest BCUT2D eigenvalue weighted by atomic mass is 9.85. The predicted octanol–water partition coefficient (Wildman–Crippen LogP) is 3.15. The summed E-state index contributed by atoms with van der Waals surface area (Å²) < 4.78 is 0. The molecule has 7 heteroatoms. The van der Waals surface area contributed by atoms with Gasteiger partial charge in [-0.2, -0.15) is 11.8 Å². The van der Waals surface area contributed by atoms with Gasteiger partial charge in [0.2, 0.25) is 5.91 Å². The molecule has 1 saturated heterocycles. The molecule has 1 aliphatic heterocycles. The summed E-state index contributed by atoms with van der Waals surface area (Å²) in [5, 5.41) is 9.14. The number of nitrogens with zero attached hydrogens (tertiary/aromatic N) is 2. The molecule has 1 aromatic rings. The molecule has 3 rings (SSSR count). The maximum absolute atomic E-state index is 12.7. The van der Waals surface area contributed by atoms with Crippen molar-refractivity contribution in [3.05, 3.63) is 22.4 Å². The molecule has 1 saturated carbocycles. The highest BCUT2D eigenvalue weighted by atomic mass is 32.2. The molecule has 0 spiro atoms. The normalized spacial score (nSPS) is 25.1.